The van der Waals surface area contributed by atoms with E-state index in [4.69, 9.17) is 0 Å². The Morgan fingerprint density at radius 3 is 2.58 bits per heavy atom. The number of aromatic nitrogens is 3. The fraction of sp³-hybridized carbons (Fsp3) is 0.567. The molecule has 0 saturated heterocycles. The summed E-state index contributed by atoms with van der Waals surface area (Å²) < 4.78 is 1.96. The molecule has 206 valence electrons. The number of allylic oxidation sites excluding steroid dienone is 2. The van der Waals surface area contributed by atoms with Gasteiger partial charge in [-0.2, -0.15) is 5.10 Å². The number of hydrogen-bond acceptors (Lipinski definition) is 6. The highest BCUT2D eigenvalue weighted by molar-refractivity contribution is 5.99. The highest BCUT2D eigenvalue weighted by Gasteiger charge is 2.18. The number of rotatable bonds is 13. The summed E-state index contributed by atoms with van der Waals surface area (Å²) in [7, 11) is 0. The predicted octanol–water partition coefficient (Wildman–Crippen LogP) is 6.05. The summed E-state index contributed by atoms with van der Waals surface area (Å²) in [5, 5.41) is 18.3. The van der Waals surface area contributed by atoms with Crippen LogP contribution in [0.25, 0.3) is 0 Å². The molecule has 2 aliphatic rings. The lowest BCUT2D eigenvalue weighted by Gasteiger charge is -2.20. The van der Waals surface area contributed by atoms with Gasteiger partial charge in [-0.05, 0) is 78.3 Å². The van der Waals surface area contributed by atoms with Crippen LogP contribution >= 0.6 is 0 Å². The van der Waals surface area contributed by atoms with Crippen molar-refractivity contribution in [3.63, 3.8) is 0 Å². The third-order valence-electron chi connectivity index (χ3n) is 7.30. The lowest BCUT2D eigenvalue weighted by atomic mass is 10.0. The van der Waals surface area contributed by atoms with Crippen LogP contribution in [0.5, 0.6) is 0 Å². The first-order chi connectivity index (χ1) is 18.4. The second-order valence-corrected chi connectivity index (χ2v) is 10.9. The van der Waals surface area contributed by atoms with E-state index >= 15 is 0 Å². The van der Waals surface area contributed by atoms with Gasteiger partial charge in [0.05, 0.1) is 11.3 Å². The quantitative estimate of drug-likeness (QED) is 0.241. The zero-order valence-electron chi connectivity index (χ0n) is 23.6. The summed E-state index contributed by atoms with van der Waals surface area (Å²) in [6.07, 6.45) is 16.5. The minimum atomic E-state index is -0.00565. The highest BCUT2D eigenvalue weighted by Crippen LogP contribution is 2.27. The number of carbonyl (C=O) groups is 1. The molecule has 1 fully saturated rings. The number of amides is 1. The number of hydrogen-bond donors (Lipinski definition) is 4. The zero-order valence-corrected chi connectivity index (χ0v) is 23.6. The molecule has 4 rings (SSSR count). The Bertz CT molecular complexity index is 1140. The van der Waals surface area contributed by atoms with Crippen molar-refractivity contribution in [1.29, 1.82) is 0 Å². The molecule has 2 aromatic heterocycles. The second kappa shape index (κ2) is 13.6. The SMILES string of the molecule is Cc1cc(Nc2cc(NC3=CCCC=C3C(=O)NCCCCCNC3CCCC3)c(C)cn2)n(C(C)C)n1. The van der Waals surface area contributed by atoms with Crippen molar-refractivity contribution in [2.24, 2.45) is 0 Å². The van der Waals surface area contributed by atoms with Gasteiger partial charge in [-0.25, -0.2) is 9.67 Å². The minimum absolute atomic E-state index is 0.00565. The Morgan fingerprint density at radius 2 is 1.79 bits per heavy atom. The van der Waals surface area contributed by atoms with Gasteiger partial charge in [0.15, 0.2) is 0 Å². The molecule has 2 aromatic rings. The van der Waals surface area contributed by atoms with Gasteiger partial charge in [-0.15, -0.1) is 0 Å². The molecule has 1 amide bonds. The number of anilines is 3. The van der Waals surface area contributed by atoms with Gasteiger partial charge in [0.25, 0.3) is 5.91 Å². The predicted molar refractivity (Wildman–Crippen MR) is 156 cm³/mol. The van der Waals surface area contributed by atoms with E-state index in [1.807, 2.05) is 42.9 Å². The summed E-state index contributed by atoms with van der Waals surface area (Å²) in [5.41, 5.74) is 4.48. The molecule has 0 unspecified atom stereocenters. The molecular weight excluding hydrogens is 474 g/mol. The van der Waals surface area contributed by atoms with Crippen LogP contribution in [0.1, 0.15) is 88.9 Å². The van der Waals surface area contributed by atoms with Crippen molar-refractivity contribution in [2.75, 3.05) is 23.7 Å². The van der Waals surface area contributed by atoms with Gasteiger partial charge in [0, 0.05) is 48.3 Å². The number of nitrogens with zero attached hydrogens (tertiary/aromatic N) is 3. The van der Waals surface area contributed by atoms with Crippen molar-refractivity contribution in [2.45, 2.75) is 97.6 Å². The third kappa shape index (κ3) is 7.69. The average Bonchev–Trinajstić information content (AvgIpc) is 3.55. The van der Waals surface area contributed by atoms with E-state index < -0.39 is 0 Å². The van der Waals surface area contributed by atoms with Crippen molar-refractivity contribution < 1.29 is 4.79 Å². The first-order valence-electron chi connectivity index (χ1n) is 14.4. The molecule has 8 nitrogen and oxygen atoms in total. The topological polar surface area (TPSA) is 95.9 Å². The smallest absolute Gasteiger partial charge is 0.253 e. The van der Waals surface area contributed by atoms with E-state index in [-0.39, 0.29) is 11.9 Å². The van der Waals surface area contributed by atoms with Gasteiger partial charge >= 0.3 is 0 Å². The van der Waals surface area contributed by atoms with Crippen molar-refractivity contribution in [1.82, 2.24) is 25.4 Å². The van der Waals surface area contributed by atoms with Crippen molar-refractivity contribution in [3.8, 4) is 0 Å². The van der Waals surface area contributed by atoms with E-state index in [1.54, 1.807) is 0 Å². The van der Waals surface area contributed by atoms with Gasteiger partial charge in [0.1, 0.15) is 11.6 Å². The largest absolute Gasteiger partial charge is 0.355 e. The van der Waals surface area contributed by atoms with Gasteiger partial charge in [0.2, 0.25) is 0 Å². The van der Waals surface area contributed by atoms with E-state index in [1.165, 1.54) is 25.7 Å². The van der Waals surface area contributed by atoms with E-state index in [0.29, 0.717) is 6.54 Å². The normalized spacial score (nSPS) is 15.9. The number of aryl methyl sites for hydroxylation is 2. The summed E-state index contributed by atoms with van der Waals surface area (Å²) in [5.74, 6) is 1.63. The highest BCUT2D eigenvalue weighted by atomic mass is 16.1. The molecule has 0 atom stereocenters. The first-order valence-corrected chi connectivity index (χ1v) is 14.4. The van der Waals surface area contributed by atoms with Crippen LogP contribution in [0.3, 0.4) is 0 Å². The molecule has 2 heterocycles. The summed E-state index contributed by atoms with van der Waals surface area (Å²) in [4.78, 5) is 17.6. The average molecular weight is 520 g/mol. The molecule has 0 bridgehead atoms. The zero-order chi connectivity index (χ0) is 26.9. The van der Waals surface area contributed by atoms with Crippen LogP contribution < -0.4 is 21.3 Å². The summed E-state index contributed by atoms with van der Waals surface area (Å²) >= 11 is 0. The third-order valence-corrected chi connectivity index (χ3v) is 7.30. The van der Waals surface area contributed by atoms with Crippen LogP contribution in [0.15, 0.2) is 41.8 Å². The minimum Gasteiger partial charge on any atom is -0.355 e. The van der Waals surface area contributed by atoms with E-state index in [0.717, 1.165) is 84.5 Å². The maximum Gasteiger partial charge on any atom is 0.253 e. The Kier molecular flexibility index (Phi) is 9.98. The summed E-state index contributed by atoms with van der Waals surface area (Å²) in [6, 6.07) is 4.98. The molecule has 0 aliphatic heterocycles. The number of pyridine rings is 1. The Balaban J connectivity index is 1.29. The molecule has 0 radical (unpaired) electrons. The fourth-order valence-corrected chi connectivity index (χ4v) is 5.18. The van der Waals surface area contributed by atoms with Crippen molar-refractivity contribution >= 4 is 23.2 Å². The molecule has 0 spiro atoms. The summed E-state index contributed by atoms with van der Waals surface area (Å²) in [6.45, 7) is 10.0. The second-order valence-electron chi connectivity index (χ2n) is 10.9. The van der Waals surface area contributed by atoms with Crippen LogP contribution in [-0.4, -0.2) is 39.8 Å². The molecule has 4 N–H and O–H groups in total. The van der Waals surface area contributed by atoms with E-state index in [9.17, 15) is 4.79 Å². The molecule has 1 saturated carbocycles. The Morgan fingerprint density at radius 1 is 1.03 bits per heavy atom. The number of unbranched alkanes of at least 4 members (excludes halogenated alkanes) is 2. The monoisotopic (exact) mass is 519 g/mol. The Labute approximate surface area is 227 Å². The van der Waals surface area contributed by atoms with Crippen LogP contribution in [0.4, 0.5) is 17.3 Å². The lowest BCUT2D eigenvalue weighted by Crippen LogP contribution is -2.29. The molecule has 8 heteroatoms. The van der Waals surface area contributed by atoms with Crippen LogP contribution in [-0.2, 0) is 4.79 Å². The number of nitrogens with one attached hydrogen (secondary N) is 4. The lowest BCUT2D eigenvalue weighted by molar-refractivity contribution is -0.117. The maximum absolute atomic E-state index is 13.1. The maximum atomic E-state index is 13.1. The van der Waals surface area contributed by atoms with Gasteiger partial charge in [-0.1, -0.05) is 31.4 Å². The van der Waals surface area contributed by atoms with Gasteiger partial charge < -0.3 is 21.3 Å². The fourth-order valence-electron chi connectivity index (χ4n) is 5.18. The van der Waals surface area contributed by atoms with Crippen molar-refractivity contribution in [3.05, 3.63) is 53.0 Å². The van der Waals surface area contributed by atoms with Gasteiger partial charge in [-0.3, -0.25) is 4.79 Å². The van der Waals surface area contributed by atoms with Crippen LogP contribution in [0, 0.1) is 13.8 Å². The molecule has 0 aromatic carbocycles. The first kappa shape index (κ1) is 27.9. The molecular formula is C30H45N7O. The Hall–Kier alpha value is -3.13. The van der Waals surface area contributed by atoms with E-state index in [2.05, 4.69) is 51.3 Å². The molecule has 38 heavy (non-hydrogen) atoms. The standard InChI is InChI=1S/C30H45N7O/c1-21(2)37-29(18-23(4)36-37)35-28-19-27(22(3)20-33-28)34-26-15-9-8-14-25(26)30(38)32-17-11-5-10-16-31-24-12-6-7-13-24/h14-15,18-21,24,31H,5-13,16-17H2,1-4H3,(H,32,38)(H2,33,34,35). The van der Waals surface area contributed by atoms with Crippen LogP contribution in [0.2, 0.25) is 0 Å². The number of carbonyl (C=O) groups excluding carboxylic acids is 1. The molecule has 2 aliphatic carbocycles.